The van der Waals surface area contributed by atoms with E-state index < -0.39 is 0 Å². The summed E-state index contributed by atoms with van der Waals surface area (Å²) in [6.45, 7) is 7.74. The fourth-order valence-corrected chi connectivity index (χ4v) is 5.16. The molecule has 3 aromatic carbocycles. The lowest BCUT2D eigenvalue weighted by Crippen LogP contribution is -2.38. The highest BCUT2D eigenvalue weighted by Crippen LogP contribution is 2.30. The van der Waals surface area contributed by atoms with Gasteiger partial charge in [-0.05, 0) is 60.1 Å². The summed E-state index contributed by atoms with van der Waals surface area (Å²) in [5.41, 5.74) is 12.0. The van der Waals surface area contributed by atoms with Crippen LogP contribution in [0.5, 0.6) is 0 Å². The molecule has 2 aliphatic heterocycles. The summed E-state index contributed by atoms with van der Waals surface area (Å²) in [5.74, 6) is 1.41. The van der Waals surface area contributed by atoms with E-state index in [0.717, 1.165) is 35.7 Å². The van der Waals surface area contributed by atoms with Crippen molar-refractivity contribution in [2.75, 3.05) is 7.05 Å². The van der Waals surface area contributed by atoms with Crippen LogP contribution in [0.15, 0.2) is 82.8 Å². The van der Waals surface area contributed by atoms with E-state index in [1.165, 1.54) is 27.3 Å². The van der Waals surface area contributed by atoms with Crippen molar-refractivity contribution in [3.63, 3.8) is 0 Å². The van der Waals surface area contributed by atoms with Gasteiger partial charge in [-0.2, -0.15) is 0 Å². The molecular weight excluding hydrogens is 444 g/mol. The van der Waals surface area contributed by atoms with Gasteiger partial charge in [0, 0.05) is 35.3 Å². The topological polar surface area (TPSA) is 81.8 Å². The highest BCUT2D eigenvalue weighted by Gasteiger charge is 2.33. The number of rotatable bonds is 5. The van der Waals surface area contributed by atoms with Crippen LogP contribution in [0.4, 0.5) is 0 Å². The van der Waals surface area contributed by atoms with Gasteiger partial charge in [0.1, 0.15) is 5.84 Å². The minimum absolute atomic E-state index is 0.0201. The van der Waals surface area contributed by atoms with E-state index in [-0.39, 0.29) is 12.2 Å². The number of benzene rings is 3. The van der Waals surface area contributed by atoms with Gasteiger partial charge in [-0.3, -0.25) is 4.90 Å². The van der Waals surface area contributed by atoms with Gasteiger partial charge in [-0.1, -0.05) is 62.4 Å². The lowest BCUT2D eigenvalue weighted by Gasteiger charge is -2.22. The number of H-pyrrole nitrogens is 1. The van der Waals surface area contributed by atoms with Crippen LogP contribution in [0, 0.1) is 0 Å². The molecule has 0 fully saturated rings. The Labute approximate surface area is 212 Å². The number of aromatic amines is 1. The number of nitrogens with zero attached hydrogens (tertiary/aromatic N) is 3. The van der Waals surface area contributed by atoms with Crippen molar-refractivity contribution in [1.29, 1.82) is 0 Å². The number of aromatic nitrogens is 1. The predicted octanol–water partition coefficient (Wildman–Crippen LogP) is 5.45. The average molecular weight is 479 g/mol. The molecule has 4 aromatic rings. The summed E-state index contributed by atoms with van der Waals surface area (Å²) in [6, 6.07) is 24.0. The minimum Gasteiger partial charge on any atom is -0.384 e. The van der Waals surface area contributed by atoms with Gasteiger partial charge in [0.05, 0.1) is 11.9 Å². The first-order valence-corrected chi connectivity index (χ1v) is 12.7. The zero-order valence-corrected chi connectivity index (χ0v) is 21.4. The third kappa shape index (κ3) is 4.64. The zero-order valence-electron chi connectivity index (χ0n) is 21.4. The average Bonchev–Trinajstić information content (AvgIpc) is 3.47. The van der Waals surface area contributed by atoms with Crippen molar-refractivity contribution in [2.45, 2.75) is 46.1 Å². The Morgan fingerprint density at radius 1 is 0.917 bits per heavy atom. The normalized spacial score (nSPS) is 18.8. The number of dihydropyridines is 1. The second kappa shape index (κ2) is 9.99. The SMILES string of the molecule is CC.CC1=NC2N=C(N)C=C(c3cc4cc(CN(C)Cc5cccc6ccccc56)ccc4[nH]3)C2N1. The third-order valence-electron chi connectivity index (χ3n) is 6.68. The fourth-order valence-electron chi connectivity index (χ4n) is 5.16. The number of hydrogen-bond donors (Lipinski definition) is 3. The van der Waals surface area contributed by atoms with Crippen molar-refractivity contribution in [3.8, 4) is 0 Å². The molecule has 2 atom stereocenters. The van der Waals surface area contributed by atoms with Gasteiger partial charge in [0.2, 0.25) is 0 Å². The summed E-state index contributed by atoms with van der Waals surface area (Å²) >= 11 is 0. The van der Waals surface area contributed by atoms with Gasteiger partial charge in [-0.25, -0.2) is 9.98 Å². The van der Waals surface area contributed by atoms with E-state index in [9.17, 15) is 0 Å². The fraction of sp³-hybridized carbons (Fsp3) is 0.267. The first-order chi connectivity index (χ1) is 17.5. The molecule has 184 valence electrons. The minimum atomic E-state index is -0.190. The molecule has 4 N–H and O–H groups in total. The molecule has 1 aromatic heterocycles. The zero-order chi connectivity index (χ0) is 25.2. The van der Waals surface area contributed by atoms with Gasteiger partial charge < -0.3 is 16.0 Å². The lowest BCUT2D eigenvalue weighted by atomic mass is 9.99. The largest absolute Gasteiger partial charge is 0.384 e. The van der Waals surface area contributed by atoms with Crippen LogP contribution in [0.25, 0.3) is 27.2 Å². The molecule has 0 saturated carbocycles. The van der Waals surface area contributed by atoms with E-state index in [1.54, 1.807) is 0 Å². The molecule has 0 amide bonds. The van der Waals surface area contributed by atoms with Gasteiger partial charge in [0.15, 0.2) is 6.17 Å². The van der Waals surface area contributed by atoms with Gasteiger partial charge >= 0.3 is 0 Å². The Bertz CT molecular complexity index is 1490. The maximum Gasteiger partial charge on any atom is 0.168 e. The van der Waals surface area contributed by atoms with E-state index in [1.807, 2.05) is 26.8 Å². The Morgan fingerprint density at radius 2 is 1.72 bits per heavy atom. The summed E-state index contributed by atoms with van der Waals surface area (Å²) in [7, 11) is 2.18. The monoisotopic (exact) mass is 478 g/mol. The van der Waals surface area contributed by atoms with Crippen molar-refractivity contribution in [3.05, 3.63) is 89.6 Å². The molecular formula is C30H34N6. The number of amidine groups is 2. The highest BCUT2D eigenvalue weighted by molar-refractivity contribution is 6.03. The van der Waals surface area contributed by atoms with E-state index in [4.69, 9.17) is 5.73 Å². The summed E-state index contributed by atoms with van der Waals surface area (Å²) < 4.78 is 0. The Kier molecular flexibility index (Phi) is 6.61. The molecule has 2 aliphatic rings. The highest BCUT2D eigenvalue weighted by atomic mass is 15.2. The van der Waals surface area contributed by atoms with Crippen molar-refractivity contribution < 1.29 is 0 Å². The van der Waals surface area contributed by atoms with Crippen LogP contribution in [0.3, 0.4) is 0 Å². The summed E-state index contributed by atoms with van der Waals surface area (Å²) in [4.78, 5) is 15.0. The maximum absolute atomic E-state index is 6.09. The number of fused-ring (bicyclic) bond motifs is 3. The van der Waals surface area contributed by atoms with E-state index in [2.05, 4.69) is 99.0 Å². The Morgan fingerprint density at radius 3 is 2.58 bits per heavy atom. The number of nitrogens with one attached hydrogen (secondary N) is 2. The van der Waals surface area contributed by atoms with Crippen molar-refractivity contribution >= 4 is 38.9 Å². The van der Waals surface area contributed by atoms with E-state index >= 15 is 0 Å². The second-order valence-corrected chi connectivity index (χ2v) is 9.32. The molecule has 0 bridgehead atoms. The van der Waals surface area contributed by atoms with Crippen LogP contribution in [0.2, 0.25) is 0 Å². The second-order valence-electron chi connectivity index (χ2n) is 9.32. The molecule has 3 heterocycles. The lowest BCUT2D eigenvalue weighted by molar-refractivity contribution is 0.320. The predicted molar refractivity (Wildman–Crippen MR) is 152 cm³/mol. The van der Waals surface area contributed by atoms with E-state index in [0.29, 0.717) is 5.84 Å². The van der Waals surface area contributed by atoms with Crippen LogP contribution < -0.4 is 11.1 Å². The molecule has 6 rings (SSSR count). The van der Waals surface area contributed by atoms with Crippen LogP contribution in [-0.4, -0.2) is 40.8 Å². The molecule has 6 heteroatoms. The first-order valence-electron chi connectivity index (χ1n) is 12.7. The molecule has 36 heavy (non-hydrogen) atoms. The van der Waals surface area contributed by atoms with Crippen molar-refractivity contribution in [1.82, 2.24) is 15.2 Å². The van der Waals surface area contributed by atoms with Crippen LogP contribution >= 0.6 is 0 Å². The summed E-state index contributed by atoms with van der Waals surface area (Å²) in [5, 5.41) is 7.24. The molecule has 2 unspecified atom stereocenters. The maximum atomic E-state index is 6.09. The Hall–Kier alpha value is -3.90. The smallest absolute Gasteiger partial charge is 0.168 e. The standard InChI is InChI=1S/C28H28N6.C2H6/c1-17-30-27-23(14-26(29)33-28(27)31-17)25-13-21-12-18(10-11-24(21)32-25)15-34(2)16-20-8-5-7-19-6-3-4-9-22(19)20;1-2/h3-14,27-28,32H,15-16H2,1-2H3,(H2,29,33)(H,30,31);1-2H3. The summed E-state index contributed by atoms with van der Waals surface area (Å²) in [6.07, 6.45) is 1.76. The molecule has 6 nitrogen and oxygen atoms in total. The molecule has 0 saturated heterocycles. The first kappa shape index (κ1) is 23.8. The number of aliphatic imine (C=N–C) groups is 2. The Balaban J connectivity index is 0.00000130. The molecule has 0 radical (unpaired) electrons. The quantitative estimate of drug-likeness (QED) is 0.357. The molecule has 0 aliphatic carbocycles. The third-order valence-corrected chi connectivity index (χ3v) is 6.68. The van der Waals surface area contributed by atoms with Gasteiger partial charge in [-0.15, -0.1) is 0 Å². The molecule has 0 spiro atoms. The number of hydrogen-bond acceptors (Lipinski definition) is 5. The van der Waals surface area contributed by atoms with Gasteiger partial charge in [0.25, 0.3) is 0 Å². The van der Waals surface area contributed by atoms with Crippen LogP contribution in [0.1, 0.15) is 37.6 Å². The van der Waals surface area contributed by atoms with Crippen LogP contribution in [-0.2, 0) is 13.1 Å². The number of nitrogens with two attached hydrogens (primary N) is 1. The van der Waals surface area contributed by atoms with Crippen molar-refractivity contribution in [2.24, 2.45) is 15.7 Å².